The summed E-state index contributed by atoms with van der Waals surface area (Å²) in [6.07, 6.45) is 33.5. The standard InChI is InChI=1S/C39H78NO7P/c1-6-8-10-12-14-16-18-19-20-21-23-25-27-29-31-34-44-36-38(37-46-48(42,43)45-35-33-40(3,4)5)47-39(41)32-30-28-26-24-22-17-15-13-11-9-7-2/h18-19,38H,6-17,20-37H2,1-5H3/b19-18-. The molecule has 0 aromatic rings. The average Bonchev–Trinajstić information content (AvgIpc) is 3.03. The van der Waals surface area contributed by atoms with Gasteiger partial charge in [0.2, 0.25) is 0 Å². The Morgan fingerprint density at radius 1 is 0.625 bits per heavy atom. The van der Waals surface area contributed by atoms with Crippen molar-refractivity contribution in [2.45, 2.75) is 180 Å². The Bertz CT molecular complexity index is 787. The number of quaternary nitrogens is 1. The van der Waals surface area contributed by atoms with Crippen molar-refractivity contribution in [3.8, 4) is 0 Å². The Morgan fingerprint density at radius 2 is 1.08 bits per heavy atom. The quantitative estimate of drug-likeness (QED) is 0.0209. The van der Waals surface area contributed by atoms with Gasteiger partial charge in [-0.15, -0.1) is 0 Å². The number of allylic oxidation sites excluding steroid dienone is 2. The Labute approximate surface area is 297 Å². The molecule has 0 rings (SSSR count). The van der Waals surface area contributed by atoms with Gasteiger partial charge < -0.3 is 27.9 Å². The molecular formula is C39H78NO7P. The number of nitrogens with zero attached hydrogens (tertiary/aromatic N) is 1. The first-order chi connectivity index (χ1) is 23.1. The Balaban J connectivity index is 4.26. The van der Waals surface area contributed by atoms with E-state index in [0.29, 0.717) is 24.1 Å². The van der Waals surface area contributed by atoms with Gasteiger partial charge in [-0.05, 0) is 38.5 Å². The van der Waals surface area contributed by atoms with Crippen LogP contribution in [0.5, 0.6) is 0 Å². The zero-order valence-electron chi connectivity index (χ0n) is 32.2. The molecule has 0 aromatic carbocycles. The highest BCUT2D eigenvalue weighted by Crippen LogP contribution is 2.38. The lowest BCUT2D eigenvalue weighted by molar-refractivity contribution is -0.870. The third-order valence-corrected chi connectivity index (χ3v) is 9.53. The fourth-order valence-corrected chi connectivity index (χ4v) is 6.15. The van der Waals surface area contributed by atoms with Gasteiger partial charge in [-0.25, -0.2) is 0 Å². The molecule has 48 heavy (non-hydrogen) atoms. The number of ether oxygens (including phenoxy) is 2. The van der Waals surface area contributed by atoms with E-state index in [0.717, 1.165) is 32.1 Å². The minimum absolute atomic E-state index is 0.0278. The van der Waals surface area contributed by atoms with Crippen LogP contribution in [0.4, 0.5) is 0 Å². The van der Waals surface area contributed by atoms with Crippen LogP contribution >= 0.6 is 7.82 Å². The van der Waals surface area contributed by atoms with Crippen LogP contribution in [0.15, 0.2) is 12.2 Å². The van der Waals surface area contributed by atoms with E-state index in [2.05, 4.69) is 26.0 Å². The number of esters is 1. The van der Waals surface area contributed by atoms with Gasteiger partial charge in [0.25, 0.3) is 7.82 Å². The van der Waals surface area contributed by atoms with E-state index in [1.165, 1.54) is 122 Å². The van der Waals surface area contributed by atoms with Crippen molar-refractivity contribution in [2.75, 3.05) is 54.1 Å². The molecule has 0 aromatic heterocycles. The van der Waals surface area contributed by atoms with Crippen molar-refractivity contribution in [2.24, 2.45) is 0 Å². The first-order valence-electron chi connectivity index (χ1n) is 19.9. The molecule has 0 amide bonds. The van der Waals surface area contributed by atoms with Gasteiger partial charge in [0.05, 0.1) is 34.4 Å². The summed E-state index contributed by atoms with van der Waals surface area (Å²) < 4.78 is 34.4. The van der Waals surface area contributed by atoms with Crippen LogP contribution in [0.1, 0.15) is 174 Å². The maximum Gasteiger partial charge on any atom is 0.306 e. The number of likely N-dealkylation sites (N-methyl/N-ethyl adjacent to an activating group) is 1. The Hall–Kier alpha value is -0.760. The summed E-state index contributed by atoms with van der Waals surface area (Å²) in [5.41, 5.74) is 0. The summed E-state index contributed by atoms with van der Waals surface area (Å²) in [5, 5.41) is 0. The van der Waals surface area contributed by atoms with Crippen LogP contribution in [0.25, 0.3) is 0 Å². The van der Waals surface area contributed by atoms with E-state index in [9.17, 15) is 14.3 Å². The summed E-state index contributed by atoms with van der Waals surface area (Å²) in [5.74, 6) is -0.336. The van der Waals surface area contributed by atoms with Crippen LogP contribution in [-0.4, -0.2) is 70.7 Å². The third-order valence-electron chi connectivity index (χ3n) is 8.57. The van der Waals surface area contributed by atoms with Gasteiger partial charge >= 0.3 is 5.97 Å². The van der Waals surface area contributed by atoms with E-state index in [4.69, 9.17) is 18.5 Å². The lowest BCUT2D eigenvalue weighted by Gasteiger charge is -2.28. The van der Waals surface area contributed by atoms with Crippen molar-refractivity contribution in [3.63, 3.8) is 0 Å². The number of unbranched alkanes of at least 4 members (excludes halogenated alkanes) is 21. The van der Waals surface area contributed by atoms with E-state index in [1.807, 2.05) is 21.1 Å². The third kappa shape index (κ3) is 36.5. The molecule has 0 bridgehead atoms. The molecule has 0 aliphatic carbocycles. The van der Waals surface area contributed by atoms with Crippen LogP contribution in [-0.2, 0) is 27.9 Å². The Kier molecular flexibility index (Phi) is 32.9. The van der Waals surface area contributed by atoms with Crippen molar-refractivity contribution < 1.29 is 37.3 Å². The average molecular weight is 704 g/mol. The molecule has 0 heterocycles. The van der Waals surface area contributed by atoms with Gasteiger partial charge in [0, 0.05) is 13.0 Å². The van der Waals surface area contributed by atoms with Crippen LogP contribution in [0.3, 0.4) is 0 Å². The fourth-order valence-electron chi connectivity index (χ4n) is 5.42. The lowest BCUT2D eigenvalue weighted by atomic mass is 10.1. The molecule has 2 atom stereocenters. The zero-order valence-corrected chi connectivity index (χ0v) is 33.1. The zero-order chi connectivity index (χ0) is 35.6. The molecule has 0 spiro atoms. The monoisotopic (exact) mass is 704 g/mol. The second kappa shape index (κ2) is 33.4. The largest absolute Gasteiger partial charge is 0.756 e. The predicted molar refractivity (Wildman–Crippen MR) is 199 cm³/mol. The molecule has 0 saturated heterocycles. The van der Waals surface area contributed by atoms with E-state index in [1.54, 1.807) is 0 Å². The predicted octanol–water partition coefficient (Wildman–Crippen LogP) is 10.5. The number of hydrogen-bond acceptors (Lipinski definition) is 7. The fraction of sp³-hybridized carbons (Fsp3) is 0.923. The number of rotatable bonds is 37. The summed E-state index contributed by atoms with van der Waals surface area (Å²) in [6.45, 7) is 5.39. The van der Waals surface area contributed by atoms with Crippen LogP contribution in [0.2, 0.25) is 0 Å². The smallest absolute Gasteiger partial charge is 0.306 e. The van der Waals surface area contributed by atoms with Crippen LogP contribution in [0, 0.1) is 0 Å². The Morgan fingerprint density at radius 3 is 1.58 bits per heavy atom. The van der Waals surface area contributed by atoms with E-state index >= 15 is 0 Å². The topological polar surface area (TPSA) is 94.1 Å². The molecule has 8 nitrogen and oxygen atoms in total. The summed E-state index contributed by atoms with van der Waals surface area (Å²) in [6, 6.07) is 0. The van der Waals surface area contributed by atoms with Gasteiger partial charge in [-0.1, -0.05) is 142 Å². The summed E-state index contributed by atoms with van der Waals surface area (Å²) in [7, 11) is 1.36. The minimum atomic E-state index is -4.51. The molecule has 0 N–H and O–H groups in total. The van der Waals surface area contributed by atoms with Crippen molar-refractivity contribution in [3.05, 3.63) is 12.2 Å². The number of carbonyl (C=O) groups is 1. The molecule has 0 fully saturated rings. The molecular weight excluding hydrogens is 625 g/mol. The highest BCUT2D eigenvalue weighted by atomic mass is 31.2. The number of phosphoric ester groups is 1. The van der Waals surface area contributed by atoms with Gasteiger partial charge in [0.1, 0.15) is 19.3 Å². The highest BCUT2D eigenvalue weighted by Gasteiger charge is 2.20. The summed E-state index contributed by atoms with van der Waals surface area (Å²) in [4.78, 5) is 24.9. The molecule has 0 radical (unpaired) electrons. The highest BCUT2D eigenvalue weighted by molar-refractivity contribution is 7.45. The number of hydrogen-bond donors (Lipinski definition) is 0. The van der Waals surface area contributed by atoms with Gasteiger partial charge in [0.15, 0.2) is 0 Å². The van der Waals surface area contributed by atoms with Crippen LogP contribution < -0.4 is 4.89 Å². The molecule has 2 unspecified atom stereocenters. The maximum atomic E-state index is 12.6. The van der Waals surface area contributed by atoms with Crippen molar-refractivity contribution in [1.29, 1.82) is 0 Å². The maximum absolute atomic E-state index is 12.6. The molecule has 0 aliphatic heterocycles. The van der Waals surface area contributed by atoms with E-state index < -0.39 is 13.9 Å². The molecule has 286 valence electrons. The SMILES string of the molecule is CCCCCCC/C=C\CCCCCCCCOCC(COP(=O)([O-])OCC[N+](C)(C)C)OC(=O)CCCCCCCCCCCCC. The van der Waals surface area contributed by atoms with Crippen molar-refractivity contribution in [1.82, 2.24) is 0 Å². The first-order valence-corrected chi connectivity index (χ1v) is 21.4. The number of phosphoric acid groups is 1. The summed E-state index contributed by atoms with van der Waals surface area (Å²) >= 11 is 0. The van der Waals surface area contributed by atoms with Gasteiger partial charge in [-0.2, -0.15) is 0 Å². The molecule has 0 aliphatic rings. The van der Waals surface area contributed by atoms with Crippen molar-refractivity contribution >= 4 is 13.8 Å². The second-order valence-corrected chi connectivity index (χ2v) is 16.1. The van der Waals surface area contributed by atoms with Gasteiger partial charge in [-0.3, -0.25) is 9.36 Å². The normalized spacial score (nSPS) is 14.0. The second-order valence-electron chi connectivity index (χ2n) is 14.6. The first kappa shape index (κ1) is 47.2. The molecule has 0 saturated carbocycles. The number of carbonyl (C=O) groups excluding carboxylic acids is 1. The molecule has 9 heteroatoms. The minimum Gasteiger partial charge on any atom is -0.756 e. The van der Waals surface area contributed by atoms with E-state index in [-0.39, 0.29) is 25.8 Å². The lowest BCUT2D eigenvalue weighted by Crippen LogP contribution is -2.37.